The molecule has 0 aliphatic heterocycles. The fourth-order valence-electron chi connectivity index (χ4n) is 2.41. The minimum absolute atomic E-state index is 0.151. The van der Waals surface area contributed by atoms with Crippen LogP contribution in [0.15, 0.2) is 0 Å². The van der Waals surface area contributed by atoms with E-state index in [2.05, 4.69) is 34.1 Å². The summed E-state index contributed by atoms with van der Waals surface area (Å²) in [5.74, 6) is 0.492. The number of anilines is 1. The Morgan fingerprint density at radius 2 is 2.06 bits per heavy atom. The minimum Gasteiger partial charge on any atom is -0.467 e. The van der Waals surface area contributed by atoms with Crippen molar-refractivity contribution in [1.82, 2.24) is 15.0 Å². The van der Waals surface area contributed by atoms with E-state index in [9.17, 15) is 0 Å². The lowest BCUT2D eigenvalue weighted by Crippen LogP contribution is -2.39. The molecule has 0 aromatic carbocycles. The van der Waals surface area contributed by atoms with Crippen LogP contribution in [0.5, 0.6) is 6.01 Å². The highest BCUT2D eigenvalue weighted by Crippen LogP contribution is 2.36. The average Bonchev–Trinajstić information content (AvgIpc) is 2.31. The molecule has 1 fully saturated rings. The van der Waals surface area contributed by atoms with E-state index < -0.39 is 0 Å². The maximum absolute atomic E-state index is 5.84. The molecule has 1 atom stereocenters. The second-order valence-electron chi connectivity index (χ2n) is 5.35. The van der Waals surface area contributed by atoms with Crippen molar-refractivity contribution in [3.05, 3.63) is 5.28 Å². The van der Waals surface area contributed by atoms with Gasteiger partial charge in [-0.2, -0.15) is 15.0 Å². The first-order valence-corrected chi connectivity index (χ1v) is 6.61. The van der Waals surface area contributed by atoms with Gasteiger partial charge >= 0.3 is 6.01 Å². The lowest BCUT2D eigenvalue weighted by atomic mass is 9.73. The van der Waals surface area contributed by atoms with Gasteiger partial charge in [0, 0.05) is 6.04 Å². The van der Waals surface area contributed by atoms with Crippen LogP contribution in [0.2, 0.25) is 5.28 Å². The number of nitrogens with one attached hydrogen (secondary N) is 1. The molecule has 1 aliphatic rings. The van der Waals surface area contributed by atoms with E-state index in [-0.39, 0.29) is 16.7 Å². The number of halogens is 1. The van der Waals surface area contributed by atoms with Gasteiger partial charge in [-0.15, -0.1) is 0 Å². The summed E-state index contributed by atoms with van der Waals surface area (Å²) in [6, 6.07) is 0.598. The van der Waals surface area contributed by atoms with Gasteiger partial charge in [-0.3, -0.25) is 0 Å². The highest BCUT2D eigenvalue weighted by Gasteiger charge is 2.32. The molecule has 0 bridgehead atoms. The number of rotatable bonds is 3. The van der Waals surface area contributed by atoms with Crippen molar-refractivity contribution in [1.29, 1.82) is 0 Å². The van der Waals surface area contributed by atoms with Crippen molar-refractivity contribution >= 4 is 17.5 Å². The summed E-state index contributed by atoms with van der Waals surface area (Å²) in [7, 11) is 1.51. The molecule has 1 heterocycles. The summed E-state index contributed by atoms with van der Waals surface area (Å²) in [6.07, 6.45) is 4.85. The monoisotopic (exact) mass is 270 g/mol. The number of aromatic nitrogens is 3. The standard InChI is InChI=1S/C12H19ClN4O/c1-12(2)7-5-4-6-8(12)14-10-15-9(13)16-11(17-10)18-3/h8H,4-7H2,1-3H3,(H,14,15,16,17). The summed E-state index contributed by atoms with van der Waals surface area (Å²) >= 11 is 5.84. The van der Waals surface area contributed by atoms with Gasteiger partial charge < -0.3 is 10.1 Å². The predicted molar refractivity (Wildman–Crippen MR) is 71.0 cm³/mol. The molecule has 1 aliphatic carbocycles. The first-order valence-electron chi connectivity index (χ1n) is 6.23. The third-order valence-electron chi connectivity index (χ3n) is 3.58. The van der Waals surface area contributed by atoms with Crippen LogP contribution in [0.3, 0.4) is 0 Å². The predicted octanol–water partition coefficient (Wildman–Crippen LogP) is 2.91. The Bertz CT molecular complexity index is 425. The molecule has 18 heavy (non-hydrogen) atoms. The zero-order valence-corrected chi connectivity index (χ0v) is 11.8. The third kappa shape index (κ3) is 3.02. The SMILES string of the molecule is COc1nc(Cl)nc(NC2CCCCC2(C)C)n1. The summed E-state index contributed by atoms with van der Waals surface area (Å²) in [6.45, 7) is 4.54. The number of methoxy groups -OCH3 is 1. The third-order valence-corrected chi connectivity index (χ3v) is 3.75. The lowest BCUT2D eigenvalue weighted by molar-refractivity contribution is 0.216. The second kappa shape index (κ2) is 5.26. The Labute approximate surface area is 112 Å². The first kappa shape index (κ1) is 13.3. The van der Waals surface area contributed by atoms with Gasteiger partial charge in [0.1, 0.15) is 0 Å². The van der Waals surface area contributed by atoms with Gasteiger partial charge in [0.25, 0.3) is 0 Å². The van der Waals surface area contributed by atoms with Gasteiger partial charge in [0.15, 0.2) is 0 Å². The van der Waals surface area contributed by atoms with Crippen molar-refractivity contribution in [2.45, 2.75) is 45.6 Å². The number of nitrogens with zero attached hydrogens (tertiary/aromatic N) is 3. The van der Waals surface area contributed by atoms with Crippen LogP contribution < -0.4 is 10.1 Å². The molecule has 0 saturated heterocycles. The van der Waals surface area contributed by atoms with Crippen molar-refractivity contribution < 1.29 is 4.74 Å². The van der Waals surface area contributed by atoms with Crippen LogP contribution in [-0.2, 0) is 0 Å². The molecular formula is C12H19ClN4O. The minimum atomic E-state index is 0.151. The van der Waals surface area contributed by atoms with E-state index in [1.54, 1.807) is 0 Å². The Morgan fingerprint density at radius 3 is 2.72 bits per heavy atom. The van der Waals surface area contributed by atoms with Gasteiger partial charge in [0.05, 0.1) is 7.11 Å². The van der Waals surface area contributed by atoms with Gasteiger partial charge in [-0.25, -0.2) is 0 Å². The van der Waals surface area contributed by atoms with Crippen LogP contribution in [0, 0.1) is 5.41 Å². The Kier molecular flexibility index (Phi) is 3.90. The fraction of sp³-hybridized carbons (Fsp3) is 0.750. The van der Waals surface area contributed by atoms with Gasteiger partial charge in [-0.05, 0) is 29.9 Å². The van der Waals surface area contributed by atoms with Crippen molar-refractivity contribution in [3.8, 4) is 6.01 Å². The molecule has 1 N–H and O–H groups in total. The van der Waals surface area contributed by atoms with Crippen molar-refractivity contribution in [2.24, 2.45) is 5.41 Å². The van der Waals surface area contributed by atoms with Crippen molar-refractivity contribution in [3.63, 3.8) is 0 Å². The molecule has 0 spiro atoms. The second-order valence-corrected chi connectivity index (χ2v) is 5.68. The van der Waals surface area contributed by atoms with E-state index in [0.29, 0.717) is 12.0 Å². The molecule has 1 aromatic heterocycles. The number of ether oxygens (including phenoxy) is 1. The molecule has 0 radical (unpaired) electrons. The number of hydrogen-bond donors (Lipinski definition) is 1. The van der Waals surface area contributed by atoms with Gasteiger partial charge in [0.2, 0.25) is 11.2 Å². The molecule has 6 heteroatoms. The van der Waals surface area contributed by atoms with Crippen LogP contribution in [0.1, 0.15) is 39.5 Å². The zero-order chi connectivity index (χ0) is 13.2. The molecule has 5 nitrogen and oxygen atoms in total. The van der Waals surface area contributed by atoms with Crippen molar-refractivity contribution in [2.75, 3.05) is 12.4 Å². The van der Waals surface area contributed by atoms with E-state index in [0.717, 1.165) is 6.42 Å². The lowest BCUT2D eigenvalue weighted by Gasteiger charge is -2.38. The van der Waals surface area contributed by atoms with E-state index in [1.807, 2.05) is 0 Å². The summed E-state index contributed by atoms with van der Waals surface area (Å²) in [4.78, 5) is 12.1. The highest BCUT2D eigenvalue weighted by atomic mass is 35.5. The van der Waals surface area contributed by atoms with E-state index in [1.165, 1.54) is 26.4 Å². The molecule has 2 rings (SSSR count). The van der Waals surface area contributed by atoms with Gasteiger partial charge in [-0.1, -0.05) is 26.7 Å². The first-order chi connectivity index (χ1) is 8.51. The summed E-state index contributed by atoms with van der Waals surface area (Å²) < 4.78 is 4.99. The molecule has 1 unspecified atom stereocenters. The molecule has 100 valence electrons. The Morgan fingerprint density at radius 1 is 1.28 bits per heavy atom. The molecule has 1 saturated carbocycles. The van der Waals surface area contributed by atoms with Crippen LogP contribution in [0.4, 0.5) is 5.95 Å². The van der Waals surface area contributed by atoms with Crippen LogP contribution in [0.25, 0.3) is 0 Å². The maximum atomic E-state index is 5.84. The van der Waals surface area contributed by atoms with E-state index in [4.69, 9.17) is 16.3 Å². The Balaban J connectivity index is 2.15. The normalized spacial score (nSPS) is 22.6. The average molecular weight is 271 g/mol. The van der Waals surface area contributed by atoms with Crippen LogP contribution >= 0.6 is 11.6 Å². The zero-order valence-electron chi connectivity index (χ0n) is 11.0. The quantitative estimate of drug-likeness (QED) is 0.915. The molecule has 0 amide bonds. The summed E-state index contributed by atoms with van der Waals surface area (Å²) in [5.41, 5.74) is 0.241. The smallest absolute Gasteiger partial charge is 0.322 e. The fourth-order valence-corrected chi connectivity index (χ4v) is 2.56. The maximum Gasteiger partial charge on any atom is 0.322 e. The topological polar surface area (TPSA) is 59.9 Å². The Hall–Kier alpha value is -1.10. The molecular weight excluding hydrogens is 252 g/mol. The summed E-state index contributed by atoms with van der Waals surface area (Å²) in [5, 5.41) is 3.51. The van der Waals surface area contributed by atoms with Crippen LogP contribution in [-0.4, -0.2) is 28.1 Å². The highest BCUT2D eigenvalue weighted by molar-refractivity contribution is 6.28. The molecule has 1 aromatic rings. The largest absolute Gasteiger partial charge is 0.467 e. The van der Waals surface area contributed by atoms with E-state index >= 15 is 0 Å². The number of hydrogen-bond acceptors (Lipinski definition) is 5.